The standard InChI is InChI=1S/C21H26N4O3/c1-28-11-10-25-17-4-2-7-22-19(17)24-8-3-5-18(24)21(25)6-9-23(14-21)20(27)15-12-16(26)13-15/h2-5,7-8,15-16,26H,6,9-14H2,1H3. The molecule has 3 aliphatic rings. The SMILES string of the molecule is COCCN1c2cccnc2-n2cccc2C12CCN(C(=O)C1CC(O)C1)C2. The first kappa shape index (κ1) is 17.7. The van der Waals surface area contributed by atoms with Gasteiger partial charge in [-0.1, -0.05) is 0 Å². The number of carbonyl (C=O) groups is 1. The Bertz CT molecular complexity index is 891. The number of methoxy groups -OCH3 is 1. The maximum Gasteiger partial charge on any atom is 0.225 e. The molecule has 148 valence electrons. The molecule has 1 aliphatic carbocycles. The van der Waals surface area contributed by atoms with E-state index >= 15 is 0 Å². The number of amides is 1. The molecule has 0 bridgehead atoms. The number of aliphatic hydroxyl groups excluding tert-OH is 1. The van der Waals surface area contributed by atoms with Crippen molar-refractivity contribution in [3.05, 3.63) is 42.4 Å². The number of hydrogen-bond acceptors (Lipinski definition) is 5. The number of hydrogen-bond donors (Lipinski definition) is 1. The molecule has 2 aromatic rings. The van der Waals surface area contributed by atoms with Crippen LogP contribution in [0.5, 0.6) is 0 Å². The third-order valence-electron chi connectivity index (χ3n) is 6.57. The first-order valence-corrected chi connectivity index (χ1v) is 10.0. The number of rotatable bonds is 4. The maximum absolute atomic E-state index is 13.0. The molecule has 2 aliphatic heterocycles. The van der Waals surface area contributed by atoms with Crippen molar-refractivity contribution in [1.29, 1.82) is 0 Å². The van der Waals surface area contributed by atoms with E-state index in [0.29, 0.717) is 26.0 Å². The zero-order valence-corrected chi connectivity index (χ0v) is 16.1. The number of fused-ring (bicyclic) bond motifs is 4. The zero-order chi connectivity index (χ0) is 19.3. The zero-order valence-electron chi connectivity index (χ0n) is 16.1. The number of pyridine rings is 1. The van der Waals surface area contributed by atoms with Gasteiger partial charge in [0.25, 0.3) is 0 Å². The third-order valence-corrected chi connectivity index (χ3v) is 6.57. The van der Waals surface area contributed by atoms with Crippen LogP contribution in [-0.4, -0.2) is 64.9 Å². The molecule has 4 heterocycles. The molecule has 28 heavy (non-hydrogen) atoms. The highest BCUT2D eigenvalue weighted by atomic mass is 16.5. The van der Waals surface area contributed by atoms with Gasteiger partial charge in [0.15, 0.2) is 5.82 Å². The average Bonchev–Trinajstić information content (AvgIpc) is 3.34. The van der Waals surface area contributed by atoms with E-state index < -0.39 is 0 Å². The van der Waals surface area contributed by atoms with Crippen LogP contribution in [0.1, 0.15) is 25.0 Å². The highest BCUT2D eigenvalue weighted by Gasteiger charge is 2.51. The van der Waals surface area contributed by atoms with Gasteiger partial charge in [0.2, 0.25) is 5.91 Å². The third kappa shape index (κ3) is 2.49. The molecule has 1 spiro atoms. The van der Waals surface area contributed by atoms with Crippen LogP contribution in [0.4, 0.5) is 5.69 Å². The number of ether oxygens (including phenoxy) is 1. The topological polar surface area (TPSA) is 70.8 Å². The monoisotopic (exact) mass is 382 g/mol. The minimum absolute atomic E-state index is 0.0260. The Hall–Kier alpha value is -2.38. The van der Waals surface area contributed by atoms with Crippen LogP contribution in [0.15, 0.2) is 36.7 Å². The van der Waals surface area contributed by atoms with Crippen LogP contribution < -0.4 is 4.90 Å². The Labute approximate surface area is 164 Å². The molecule has 0 radical (unpaired) electrons. The minimum atomic E-state index is -0.312. The number of aliphatic hydroxyl groups is 1. The smallest absolute Gasteiger partial charge is 0.225 e. The van der Waals surface area contributed by atoms with Crippen LogP contribution in [0.25, 0.3) is 5.82 Å². The molecule has 2 fully saturated rings. The molecule has 1 N–H and O–H groups in total. The van der Waals surface area contributed by atoms with Crippen LogP contribution >= 0.6 is 0 Å². The number of carbonyl (C=O) groups excluding carboxylic acids is 1. The fourth-order valence-corrected chi connectivity index (χ4v) is 5.07. The second-order valence-corrected chi connectivity index (χ2v) is 8.12. The molecule has 7 nitrogen and oxygen atoms in total. The van der Waals surface area contributed by atoms with Crippen LogP contribution in [0.3, 0.4) is 0 Å². The molecule has 2 aromatic heterocycles. The van der Waals surface area contributed by atoms with E-state index in [2.05, 4.69) is 38.8 Å². The Morgan fingerprint density at radius 2 is 2.21 bits per heavy atom. The first-order valence-electron chi connectivity index (χ1n) is 10.0. The highest BCUT2D eigenvalue weighted by Crippen LogP contribution is 2.47. The lowest BCUT2D eigenvalue weighted by molar-refractivity contribution is -0.141. The molecule has 1 saturated carbocycles. The second-order valence-electron chi connectivity index (χ2n) is 8.12. The summed E-state index contributed by atoms with van der Waals surface area (Å²) >= 11 is 0. The van der Waals surface area contributed by atoms with Gasteiger partial charge in [0.1, 0.15) is 5.54 Å². The summed E-state index contributed by atoms with van der Waals surface area (Å²) in [5.74, 6) is 1.09. The van der Waals surface area contributed by atoms with E-state index in [1.165, 1.54) is 5.69 Å². The summed E-state index contributed by atoms with van der Waals surface area (Å²) in [6.45, 7) is 2.74. The minimum Gasteiger partial charge on any atom is -0.393 e. The number of aromatic nitrogens is 2. The van der Waals surface area contributed by atoms with Crippen molar-refractivity contribution in [1.82, 2.24) is 14.5 Å². The predicted molar refractivity (Wildman–Crippen MR) is 104 cm³/mol. The van der Waals surface area contributed by atoms with E-state index in [9.17, 15) is 9.90 Å². The summed E-state index contributed by atoms with van der Waals surface area (Å²) in [4.78, 5) is 22.0. The van der Waals surface area contributed by atoms with Crippen molar-refractivity contribution in [2.24, 2.45) is 5.92 Å². The Kier molecular flexibility index (Phi) is 4.17. The summed E-state index contributed by atoms with van der Waals surface area (Å²) in [5.41, 5.74) is 1.98. The van der Waals surface area contributed by atoms with Crippen LogP contribution in [0.2, 0.25) is 0 Å². The first-order chi connectivity index (χ1) is 13.6. The van der Waals surface area contributed by atoms with Gasteiger partial charge >= 0.3 is 0 Å². The Balaban J connectivity index is 1.53. The highest BCUT2D eigenvalue weighted by molar-refractivity contribution is 5.81. The molecule has 1 amide bonds. The van der Waals surface area contributed by atoms with Crippen molar-refractivity contribution in [2.75, 3.05) is 38.3 Å². The van der Waals surface area contributed by atoms with E-state index in [1.54, 1.807) is 7.11 Å². The second kappa shape index (κ2) is 6.60. The van der Waals surface area contributed by atoms with E-state index in [4.69, 9.17) is 4.74 Å². The van der Waals surface area contributed by atoms with Crippen molar-refractivity contribution < 1.29 is 14.6 Å². The van der Waals surface area contributed by atoms with Crippen molar-refractivity contribution in [3.8, 4) is 5.82 Å². The van der Waals surface area contributed by atoms with Crippen molar-refractivity contribution in [2.45, 2.75) is 30.9 Å². The van der Waals surface area contributed by atoms with E-state index in [-0.39, 0.29) is 23.5 Å². The summed E-state index contributed by atoms with van der Waals surface area (Å²) in [7, 11) is 1.72. The fourth-order valence-electron chi connectivity index (χ4n) is 5.07. The predicted octanol–water partition coefficient (Wildman–Crippen LogP) is 1.54. The molecular formula is C21H26N4O3. The van der Waals surface area contributed by atoms with Gasteiger partial charge in [-0.2, -0.15) is 0 Å². The van der Waals surface area contributed by atoms with Gasteiger partial charge in [-0.25, -0.2) is 4.98 Å². The molecule has 1 unspecified atom stereocenters. The van der Waals surface area contributed by atoms with Crippen LogP contribution in [0, 0.1) is 5.92 Å². The lowest BCUT2D eigenvalue weighted by Gasteiger charge is -2.47. The summed E-state index contributed by atoms with van der Waals surface area (Å²) in [6.07, 6.45) is 5.63. The molecule has 7 heteroatoms. The van der Waals surface area contributed by atoms with Crippen molar-refractivity contribution >= 4 is 11.6 Å². The molecule has 0 aromatic carbocycles. The largest absolute Gasteiger partial charge is 0.393 e. The molecule has 1 saturated heterocycles. The number of nitrogens with zero attached hydrogens (tertiary/aromatic N) is 4. The average molecular weight is 382 g/mol. The van der Waals surface area contributed by atoms with Gasteiger partial charge in [-0.15, -0.1) is 0 Å². The summed E-state index contributed by atoms with van der Waals surface area (Å²) in [5, 5.41) is 9.60. The van der Waals surface area contributed by atoms with E-state index in [1.807, 2.05) is 17.2 Å². The van der Waals surface area contributed by atoms with Gasteiger partial charge in [-0.3, -0.25) is 4.79 Å². The van der Waals surface area contributed by atoms with Gasteiger partial charge in [0.05, 0.1) is 24.1 Å². The van der Waals surface area contributed by atoms with Gasteiger partial charge in [0, 0.05) is 45.1 Å². The Morgan fingerprint density at radius 3 is 3.00 bits per heavy atom. The van der Waals surface area contributed by atoms with Crippen LogP contribution in [-0.2, 0) is 15.1 Å². The summed E-state index contributed by atoms with van der Waals surface area (Å²) < 4.78 is 7.57. The van der Waals surface area contributed by atoms with Gasteiger partial charge in [-0.05, 0) is 43.5 Å². The molecule has 1 atom stereocenters. The lowest BCUT2D eigenvalue weighted by Crippen LogP contribution is -2.54. The number of anilines is 1. The van der Waals surface area contributed by atoms with Crippen molar-refractivity contribution in [3.63, 3.8) is 0 Å². The summed E-state index contributed by atoms with van der Waals surface area (Å²) in [6, 6.07) is 8.28. The van der Waals surface area contributed by atoms with Gasteiger partial charge < -0.3 is 24.2 Å². The Morgan fingerprint density at radius 1 is 1.36 bits per heavy atom. The maximum atomic E-state index is 13.0. The number of likely N-dealkylation sites (tertiary alicyclic amines) is 1. The normalized spacial score (nSPS) is 28.2. The lowest BCUT2D eigenvalue weighted by atomic mass is 9.81. The molecule has 5 rings (SSSR count). The quantitative estimate of drug-likeness (QED) is 0.869. The van der Waals surface area contributed by atoms with E-state index in [0.717, 1.165) is 31.0 Å². The molecular weight excluding hydrogens is 356 g/mol. The fraction of sp³-hybridized carbons (Fsp3) is 0.524.